The Labute approximate surface area is 185 Å². The average molecular weight is 431 g/mol. The Morgan fingerprint density at radius 1 is 0.968 bits per heavy atom. The zero-order valence-electron chi connectivity index (χ0n) is 17.2. The van der Waals surface area contributed by atoms with E-state index in [0.717, 1.165) is 22.7 Å². The van der Waals surface area contributed by atoms with Crippen LogP contribution in [0.25, 0.3) is 17.1 Å². The number of hydrogen-bond acceptors (Lipinski definition) is 5. The van der Waals surface area contributed by atoms with Crippen molar-refractivity contribution in [1.82, 2.24) is 14.8 Å². The first-order valence-electron chi connectivity index (χ1n) is 9.83. The molecular formula is C24H22N4O2S. The molecule has 3 aromatic carbocycles. The number of thioether (sulfide) groups is 1. The third-order valence-corrected chi connectivity index (χ3v) is 5.71. The van der Waals surface area contributed by atoms with Gasteiger partial charge in [-0.05, 0) is 43.3 Å². The first kappa shape index (κ1) is 20.7. The van der Waals surface area contributed by atoms with Crippen LogP contribution in [0.1, 0.15) is 6.92 Å². The van der Waals surface area contributed by atoms with Crippen LogP contribution in [0.3, 0.4) is 0 Å². The lowest BCUT2D eigenvalue weighted by molar-refractivity contribution is -0.115. The lowest BCUT2D eigenvalue weighted by Crippen LogP contribution is -2.22. The Bertz CT molecular complexity index is 1160. The molecule has 0 bridgehead atoms. The van der Waals surface area contributed by atoms with Gasteiger partial charge in [-0.1, -0.05) is 60.3 Å². The molecule has 156 valence electrons. The van der Waals surface area contributed by atoms with E-state index in [9.17, 15) is 4.79 Å². The number of methoxy groups -OCH3 is 1. The van der Waals surface area contributed by atoms with Gasteiger partial charge in [0.25, 0.3) is 0 Å². The Hall–Kier alpha value is -3.58. The number of carbonyl (C=O) groups is 1. The summed E-state index contributed by atoms with van der Waals surface area (Å²) in [6, 6.07) is 27.0. The molecule has 0 aliphatic carbocycles. The average Bonchev–Trinajstić information content (AvgIpc) is 3.23. The summed E-state index contributed by atoms with van der Waals surface area (Å²) in [4.78, 5) is 12.7. The van der Waals surface area contributed by atoms with Crippen molar-refractivity contribution in [3.63, 3.8) is 0 Å². The van der Waals surface area contributed by atoms with E-state index < -0.39 is 0 Å². The second kappa shape index (κ2) is 9.49. The summed E-state index contributed by atoms with van der Waals surface area (Å²) in [7, 11) is 1.63. The van der Waals surface area contributed by atoms with Gasteiger partial charge in [0.2, 0.25) is 5.91 Å². The van der Waals surface area contributed by atoms with Gasteiger partial charge in [-0.15, -0.1) is 10.2 Å². The maximum absolute atomic E-state index is 12.7. The lowest BCUT2D eigenvalue weighted by Gasteiger charge is -2.14. The number of nitrogens with one attached hydrogen (secondary N) is 1. The number of amides is 1. The van der Waals surface area contributed by atoms with Gasteiger partial charge in [0.15, 0.2) is 11.0 Å². The van der Waals surface area contributed by atoms with E-state index in [0.29, 0.717) is 11.0 Å². The number of ether oxygens (including phenoxy) is 1. The highest BCUT2D eigenvalue weighted by molar-refractivity contribution is 8.00. The normalized spacial score (nSPS) is 11.7. The lowest BCUT2D eigenvalue weighted by atomic mass is 10.2. The number of hydrogen-bond donors (Lipinski definition) is 1. The van der Waals surface area contributed by atoms with Gasteiger partial charge >= 0.3 is 0 Å². The highest BCUT2D eigenvalue weighted by Gasteiger charge is 2.22. The molecule has 1 N–H and O–H groups in total. The van der Waals surface area contributed by atoms with E-state index in [1.165, 1.54) is 11.8 Å². The van der Waals surface area contributed by atoms with E-state index in [-0.39, 0.29) is 11.2 Å². The Morgan fingerprint density at radius 3 is 2.39 bits per heavy atom. The molecule has 31 heavy (non-hydrogen) atoms. The molecule has 0 saturated carbocycles. The third-order valence-electron chi connectivity index (χ3n) is 4.67. The molecule has 1 atom stereocenters. The van der Waals surface area contributed by atoms with Crippen molar-refractivity contribution < 1.29 is 9.53 Å². The zero-order chi connectivity index (χ0) is 21.6. The fraction of sp³-hybridized carbons (Fsp3) is 0.125. The van der Waals surface area contributed by atoms with Gasteiger partial charge in [0.05, 0.1) is 12.4 Å². The molecule has 0 aliphatic heterocycles. The maximum Gasteiger partial charge on any atom is 0.237 e. The molecule has 1 heterocycles. The topological polar surface area (TPSA) is 69.0 Å². The summed E-state index contributed by atoms with van der Waals surface area (Å²) in [6.07, 6.45) is 0. The first-order valence-corrected chi connectivity index (χ1v) is 10.7. The van der Waals surface area contributed by atoms with Crippen molar-refractivity contribution in [3.8, 4) is 22.8 Å². The van der Waals surface area contributed by atoms with E-state index in [2.05, 4.69) is 15.5 Å². The van der Waals surface area contributed by atoms with Crippen molar-refractivity contribution in [2.75, 3.05) is 12.4 Å². The number of nitrogens with zero attached hydrogens (tertiary/aromatic N) is 3. The molecule has 4 rings (SSSR count). The van der Waals surface area contributed by atoms with E-state index in [1.54, 1.807) is 7.11 Å². The highest BCUT2D eigenvalue weighted by atomic mass is 32.2. The van der Waals surface area contributed by atoms with Gasteiger partial charge in [0.1, 0.15) is 5.75 Å². The van der Waals surface area contributed by atoms with Crippen LogP contribution in [0.4, 0.5) is 5.69 Å². The third kappa shape index (κ3) is 4.78. The molecule has 1 unspecified atom stereocenters. The van der Waals surface area contributed by atoms with Crippen LogP contribution < -0.4 is 10.1 Å². The predicted molar refractivity (Wildman–Crippen MR) is 124 cm³/mol. The summed E-state index contributed by atoms with van der Waals surface area (Å²) in [6.45, 7) is 1.86. The molecular weight excluding hydrogens is 408 g/mol. The second-order valence-corrected chi connectivity index (χ2v) is 8.13. The first-order chi connectivity index (χ1) is 15.2. The molecule has 7 heteroatoms. The van der Waals surface area contributed by atoms with Crippen LogP contribution in [0.15, 0.2) is 90.1 Å². The van der Waals surface area contributed by atoms with Crippen molar-refractivity contribution in [2.24, 2.45) is 0 Å². The largest absolute Gasteiger partial charge is 0.497 e. The maximum atomic E-state index is 12.7. The monoisotopic (exact) mass is 430 g/mol. The van der Waals surface area contributed by atoms with Gasteiger partial charge in [-0.25, -0.2) is 0 Å². The predicted octanol–water partition coefficient (Wildman–Crippen LogP) is 5.06. The van der Waals surface area contributed by atoms with Gasteiger partial charge < -0.3 is 10.1 Å². The molecule has 0 spiro atoms. The molecule has 4 aromatic rings. The minimum atomic E-state index is -0.370. The smallest absolute Gasteiger partial charge is 0.237 e. The van der Waals surface area contributed by atoms with Crippen molar-refractivity contribution in [2.45, 2.75) is 17.3 Å². The van der Waals surface area contributed by atoms with Crippen LogP contribution in [0, 0.1) is 0 Å². The molecule has 0 saturated heterocycles. The summed E-state index contributed by atoms with van der Waals surface area (Å²) < 4.78 is 7.33. The van der Waals surface area contributed by atoms with Crippen molar-refractivity contribution in [1.29, 1.82) is 0 Å². The minimum Gasteiger partial charge on any atom is -0.497 e. The molecule has 0 fully saturated rings. The van der Waals surface area contributed by atoms with Crippen LogP contribution in [-0.2, 0) is 4.79 Å². The summed E-state index contributed by atoms with van der Waals surface area (Å²) >= 11 is 1.36. The van der Waals surface area contributed by atoms with E-state index in [1.807, 2.05) is 96.4 Å². The molecule has 0 aliphatic rings. The SMILES string of the molecule is COc1cccc(-c2nnc(SC(C)C(=O)Nc3ccccc3)n2-c2ccccc2)c1. The van der Waals surface area contributed by atoms with Crippen LogP contribution in [-0.4, -0.2) is 33.0 Å². The fourth-order valence-electron chi connectivity index (χ4n) is 3.08. The van der Waals surface area contributed by atoms with Gasteiger partial charge in [0, 0.05) is 16.9 Å². The number of carbonyl (C=O) groups excluding carboxylic acids is 1. The quantitative estimate of drug-likeness (QED) is 0.415. The number of para-hydroxylation sites is 2. The number of benzene rings is 3. The van der Waals surface area contributed by atoms with Gasteiger partial charge in [-0.3, -0.25) is 9.36 Å². The second-order valence-electron chi connectivity index (χ2n) is 6.82. The van der Waals surface area contributed by atoms with Gasteiger partial charge in [-0.2, -0.15) is 0 Å². The number of aromatic nitrogens is 3. The Morgan fingerprint density at radius 2 is 1.68 bits per heavy atom. The summed E-state index contributed by atoms with van der Waals surface area (Å²) in [5.74, 6) is 1.33. The minimum absolute atomic E-state index is 0.0956. The standard InChI is InChI=1S/C24H22N4O2S/c1-17(23(29)25-19-11-5-3-6-12-19)31-24-27-26-22(18-10-9-15-21(16-18)30-2)28(24)20-13-7-4-8-14-20/h3-17H,1-2H3,(H,25,29). The summed E-state index contributed by atoms with van der Waals surface area (Å²) in [5, 5.41) is 12.1. The van der Waals surface area contributed by atoms with E-state index >= 15 is 0 Å². The Kier molecular flexibility index (Phi) is 6.33. The fourth-order valence-corrected chi connectivity index (χ4v) is 3.95. The van der Waals surface area contributed by atoms with Crippen LogP contribution >= 0.6 is 11.8 Å². The number of rotatable bonds is 7. The van der Waals surface area contributed by atoms with Crippen LogP contribution in [0.5, 0.6) is 5.75 Å². The van der Waals surface area contributed by atoms with Crippen molar-refractivity contribution in [3.05, 3.63) is 84.9 Å². The molecule has 1 amide bonds. The molecule has 6 nitrogen and oxygen atoms in total. The molecule has 1 aromatic heterocycles. The Balaban J connectivity index is 1.66. The van der Waals surface area contributed by atoms with Crippen molar-refractivity contribution >= 4 is 23.4 Å². The highest BCUT2D eigenvalue weighted by Crippen LogP contribution is 2.31. The summed E-state index contributed by atoms with van der Waals surface area (Å²) in [5.41, 5.74) is 2.56. The number of anilines is 1. The zero-order valence-corrected chi connectivity index (χ0v) is 18.0. The molecule has 0 radical (unpaired) electrons. The van der Waals surface area contributed by atoms with Crippen LogP contribution in [0.2, 0.25) is 0 Å². The van der Waals surface area contributed by atoms with E-state index in [4.69, 9.17) is 4.74 Å².